The molecule has 3 nitrogen and oxygen atoms in total. The fourth-order valence-corrected chi connectivity index (χ4v) is 2.22. The number of fused-ring (bicyclic) bond motifs is 3. The number of benzene rings is 1. The molecule has 1 N–H and O–H groups in total. The largest absolute Gasteiger partial charge is 0.388 e. The molecule has 0 fully saturated rings. The van der Waals surface area contributed by atoms with Crippen molar-refractivity contribution in [1.82, 2.24) is 9.55 Å². The van der Waals surface area contributed by atoms with Crippen molar-refractivity contribution in [2.45, 2.75) is 0 Å². The number of pyridine rings is 1. The average Bonchev–Trinajstić information content (AvgIpc) is 2.64. The number of aryl methyl sites for hydroxylation is 1. The maximum Gasteiger partial charge on any atom is 0.0519 e. The van der Waals surface area contributed by atoms with Gasteiger partial charge in [0.15, 0.2) is 0 Å². The van der Waals surface area contributed by atoms with Gasteiger partial charge in [0.25, 0.3) is 0 Å². The zero-order valence-corrected chi connectivity index (χ0v) is 9.36. The summed E-state index contributed by atoms with van der Waals surface area (Å²) in [5, 5.41) is 5.62. The Hall–Kier alpha value is -2.03. The van der Waals surface area contributed by atoms with Crippen LogP contribution in [0.15, 0.2) is 36.7 Å². The molecule has 0 bridgehead atoms. The first-order valence-electron chi connectivity index (χ1n) is 5.31. The van der Waals surface area contributed by atoms with E-state index in [1.165, 1.54) is 21.8 Å². The molecule has 3 rings (SSSR count). The van der Waals surface area contributed by atoms with E-state index >= 15 is 0 Å². The number of rotatable bonds is 1. The third-order valence-electron chi connectivity index (χ3n) is 3.10. The second-order valence-electron chi connectivity index (χ2n) is 3.93. The number of hydrogen-bond donors (Lipinski definition) is 1. The normalized spacial score (nSPS) is 11.1. The van der Waals surface area contributed by atoms with Gasteiger partial charge in [0, 0.05) is 48.5 Å². The van der Waals surface area contributed by atoms with Crippen LogP contribution in [0.2, 0.25) is 0 Å². The first-order chi connectivity index (χ1) is 7.81. The standard InChI is InChI=1S/C13H13N3/c1-14-9-3-4-12-10(7-9)11-8-15-6-5-13(11)16(12)2/h3-8,14H,1-2H3. The Morgan fingerprint density at radius 1 is 1.12 bits per heavy atom. The molecular formula is C13H13N3. The molecule has 0 spiro atoms. The lowest BCUT2D eigenvalue weighted by Gasteiger charge is -2.00. The molecule has 80 valence electrons. The SMILES string of the molecule is CNc1ccc2c(c1)c1cnccc1n2C. The third-order valence-corrected chi connectivity index (χ3v) is 3.10. The minimum Gasteiger partial charge on any atom is -0.388 e. The summed E-state index contributed by atoms with van der Waals surface area (Å²) in [6.07, 6.45) is 3.76. The van der Waals surface area contributed by atoms with Gasteiger partial charge in [-0.25, -0.2) is 0 Å². The molecule has 3 aromatic rings. The van der Waals surface area contributed by atoms with Crippen molar-refractivity contribution in [3.8, 4) is 0 Å². The highest BCUT2D eigenvalue weighted by Crippen LogP contribution is 2.29. The highest BCUT2D eigenvalue weighted by Gasteiger charge is 2.07. The summed E-state index contributed by atoms with van der Waals surface area (Å²) >= 11 is 0. The van der Waals surface area contributed by atoms with Gasteiger partial charge in [-0.3, -0.25) is 4.98 Å². The fourth-order valence-electron chi connectivity index (χ4n) is 2.22. The second kappa shape index (κ2) is 3.23. The minimum absolute atomic E-state index is 1.13. The Morgan fingerprint density at radius 2 is 1.94 bits per heavy atom. The second-order valence-corrected chi connectivity index (χ2v) is 3.93. The van der Waals surface area contributed by atoms with Crippen molar-refractivity contribution in [2.75, 3.05) is 12.4 Å². The predicted octanol–water partition coefficient (Wildman–Crippen LogP) is 2.77. The van der Waals surface area contributed by atoms with E-state index < -0.39 is 0 Å². The monoisotopic (exact) mass is 211 g/mol. The molecule has 2 heterocycles. The summed E-state index contributed by atoms with van der Waals surface area (Å²) in [6, 6.07) is 8.45. The summed E-state index contributed by atoms with van der Waals surface area (Å²) in [4.78, 5) is 4.20. The molecule has 0 radical (unpaired) electrons. The van der Waals surface area contributed by atoms with Crippen molar-refractivity contribution in [3.63, 3.8) is 0 Å². The van der Waals surface area contributed by atoms with Crippen molar-refractivity contribution < 1.29 is 0 Å². The van der Waals surface area contributed by atoms with Crippen LogP contribution < -0.4 is 5.32 Å². The van der Waals surface area contributed by atoms with Crippen LogP contribution in [-0.4, -0.2) is 16.6 Å². The quantitative estimate of drug-likeness (QED) is 0.670. The topological polar surface area (TPSA) is 29.9 Å². The van der Waals surface area contributed by atoms with Crippen LogP contribution in [0, 0.1) is 0 Å². The Balaban J connectivity index is 2.52. The van der Waals surface area contributed by atoms with Gasteiger partial charge < -0.3 is 9.88 Å². The van der Waals surface area contributed by atoms with E-state index in [4.69, 9.17) is 0 Å². The van der Waals surface area contributed by atoms with Gasteiger partial charge in [-0.1, -0.05) is 0 Å². The average molecular weight is 211 g/mol. The van der Waals surface area contributed by atoms with Gasteiger partial charge in [0.2, 0.25) is 0 Å². The molecule has 0 unspecified atom stereocenters. The lowest BCUT2D eigenvalue weighted by atomic mass is 10.2. The van der Waals surface area contributed by atoms with Crippen molar-refractivity contribution >= 4 is 27.5 Å². The van der Waals surface area contributed by atoms with Crippen LogP contribution in [0.4, 0.5) is 5.69 Å². The molecule has 0 aliphatic heterocycles. The molecule has 1 aromatic carbocycles. The smallest absolute Gasteiger partial charge is 0.0519 e. The Bertz CT molecular complexity index is 667. The van der Waals surface area contributed by atoms with E-state index in [9.17, 15) is 0 Å². The van der Waals surface area contributed by atoms with Crippen LogP contribution in [0.5, 0.6) is 0 Å². The lowest BCUT2D eigenvalue weighted by molar-refractivity contribution is 1.01. The molecular weight excluding hydrogens is 198 g/mol. The Kier molecular flexibility index (Phi) is 1.86. The maximum atomic E-state index is 4.20. The molecule has 0 aliphatic carbocycles. The number of nitrogens with one attached hydrogen (secondary N) is 1. The van der Waals surface area contributed by atoms with Gasteiger partial charge >= 0.3 is 0 Å². The fraction of sp³-hybridized carbons (Fsp3) is 0.154. The minimum atomic E-state index is 1.13. The molecule has 0 saturated heterocycles. The molecule has 0 amide bonds. The van der Waals surface area contributed by atoms with Gasteiger partial charge in [-0.05, 0) is 24.3 Å². The number of anilines is 1. The number of hydrogen-bond acceptors (Lipinski definition) is 2. The third kappa shape index (κ3) is 1.11. The van der Waals surface area contributed by atoms with Crippen molar-refractivity contribution in [1.29, 1.82) is 0 Å². The van der Waals surface area contributed by atoms with Crippen LogP contribution in [0.1, 0.15) is 0 Å². The van der Waals surface area contributed by atoms with E-state index in [0.717, 1.165) is 5.69 Å². The summed E-state index contributed by atoms with van der Waals surface area (Å²) in [6.45, 7) is 0. The highest BCUT2D eigenvalue weighted by molar-refractivity contribution is 6.08. The molecule has 0 atom stereocenters. The molecule has 0 saturated carbocycles. The Morgan fingerprint density at radius 3 is 2.75 bits per heavy atom. The number of nitrogens with zero attached hydrogens (tertiary/aromatic N) is 2. The summed E-state index contributed by atoms with van der Waals surface area (Å²) in [5.41, 5.74) is 3.59. The van der Waals surface area contributed by atoms with Gasteiger partial charge in [-0.2, -0.15) is 0 Å². The predicted molar refractivity (Wildman–Crippen MR) is 67.8 cm³/mol. The van der Waals surface area contributed by atoms with E-state index in [1.54, 1.807) is 0 Å². The van der Waals surface area contributed by atoms with Crippen molar-refractivity contribution in [3.05, 3.63) is 36.7 Å². The summed E-state index contributed by atoms with van der Waals surface area (Å²) < 4.78 is 2.20. The lowest BCUT2D eigenvalue weighted by Crippen LogP contribution is -1.88. The van der Waals surface area contributed by atoms with Crippen molar-refractivity contribution in [2.24, 2.45) is 7.05 Å². The summed E-state index contributed by atoms with van der Waals surface area (Å²) in [7, 11) is 4.02. The zero-order valence-electron chi connectivity index (χ0n) is 9.36. The van der Waals surface area contributed by atoms with Crippen LogP contribution >= 0.6 is 0 Å². The van der Waals surface area contributed by atoms with E-state index in [0.29, 0.717) is 0 Å². The van der Waals surface area contributed by atoms with E-state index in [2.05, 4.69) is 40.1 Å². The van der Waals surface area contributed by atoms with Gasteiger partial charge in [0.1, 0.15) is 0 Å². The molecule has 0 aliphatic rings. The Labute approximate surface area is 93.7 Å². The molecule has 3 heteroatoms. The van der Waals surface area contributed by atoms with E-state index in [1.807, 2.05) is 25.5 Å². The first kappa shape index (κ1) is 9.21. The summed E-state index contributed by atoms with van der Waals surface area (Å²) in [5.74, 6) is 0. The molecule has 2 aromatic heterocycles. The van der Waals surface area contributed by atoms with Crippen LogP contribution in [-0.2, 0) is 7.05 Å². The maximum absolute atomic E-state index is 4.20. The van der Waals surface area contributed by atoms with E-state index in [-0.39, 0.29) is 0 Å². The molecule has 16 heavy (non-hydrogen) atoms. The van der Waals surface area contributed by atoms with Crippen LogP contribution in [0.25, 0.3) is 21.8 Å². The highest BCUT2D eigenvalue weighted by atomic mass is 14.9. The zero-order chi connectivity index (χ0) is 11.1. The van der Waals surface area contributed by atoms with Crippen LogP contribution in [0.3, 0.4) is 0 Å². The number of aromatic nitrogens is 2. The van der Waals surface area contributed by atoms with Gasteiger partial charge in [-0.15, -0.1) is 0 Å². The first-order valence-corrected chi connectivity index (χ1v) is 5.31. The van der Waals surface area contributed by atoms with Gasteiger partial charge in [0.05, 0.1) is 5.52 Å².